The minimum absolute atomic E-state index is 0. The third-order valence-electron chi connectivity index (χ3n) is 3.03. The number of oxazole rings is 1. The lowest BCUT2D eigenvalue weighted by atomic mass is 10.2. The molecule has 0 amide bonds. The number of para-hydroxylation sites is 2. The molecule has 1 aliphatic rings. The van der Waals surface area contributed by atoms with Gasteiger partial charge in [-0.15, -0.1) is 24.8 Å². The van der Waals surface area contributed by atoms with E-state index in [4.69, 9.17) is 4.42 Å². The number of benzene rings is 1. The Kier molecular flexibility index (Phi) is 5.26. The Balaban J connectivity index is 0.000000810. The van der Waals surface area contributed by atoms with Gasteiger partial charge in [0.05, 0.1) is 0 Å². The van der Waals surface area contributed by atoms with Crippen LogP contribution in [0.1, 0.15) is 6.92 Å². The molecule has 1 fully saturated rings. The summed E-state index contributed by atoms with van der Waals surface area (Å²) >= 11 is 0. The smallest absolute Gasteiger partial charge is 0.298 e. The van der Waals surface area contributed by atoms with Crippen molar-refractivity contribution in [2.24, 2.45) is 0 Å². The highest BCUT2D eigenvalue weighted by atomic mass is 35.5. The van der Waals surface area contributed by atoms with E-state index in [-0.39, 0.29) is 24.8 Å². The first-order valence-electron chi connectivity index (χ1n) is 5.67. The molecule has 1 atom stereocenters. The molecule has 1 saturated heterocycles. The lowest BCUT2D eigenvalue weighted by Crippen LogP contribution is -2.50. The average molecular weight is 290 g/mol. The zero-order valence-electron chi connectivity index (χ0n) is 10.1. The minimum atomic E-state index is 0. The molecule has 1 aromatic heterocycles. The second-order valence-corrected chi connectivity index (χ2v) is 4.21. The van der Waals surface area contributed by atoms with E-state index in [1.807, 2.05) is 24.3 Å². The van der Waals surface area contributed by atoms with Crippen molar-refractivity contribution >= 4 is 41.9 Å². The maximum Gasteiger partial charge on any atom is 0.298 e. The van der Waals surface area contributed by atoms with Crippen LogP contribution in [0.3, 0.4) is 0 Å². The number of nitrogens with one attached hydrogen (secondary N) is 1. The van der Waals surface area contributed by atoms with E-state index in [1.165, 1.54) is 0 Å². The van der Waals surface area contributed by atoms with Gasteiger partial charge < -0.3 is 14.6 Å². The molecule has 2 aromatic rings. The normalized spacial score (nSPS) is 19.2. The number of fused-ring (bicyclic) bond motifs is 1. The Labute approximate surface area is 119 Å². The van der Waals surface area contributed by atoms with Crippen LogP contribution < -0.4 is 10.2 Å². The van der Waals surface area contributed by atoms with Crippen molar-refractivity contribution in [3.8, 4) is 0 Å². The summed E-state index contributed by atoms with van der Waals surface area (Å²) in [7, 11) is 0. The van der Waals surface area contributed by atoms with Gasteiger partial charge in [0.15, 0.2) is 5.58 Å². The fraction of sp³-hybridized carbons (Fsp3) is 0.417. The van der Waals surface area contributed by atoms with E-state index in [0.29, 0.717) is 6.04 Å². The number of anilines is 1. The number of nitrogens with zero attached hydrogens (tertiary/aromatic N) is 2. The largest absolute Gasteiger partial charge is 0.423 e. The molecule has 1 aliphatic heterocycles. The van der Waals surface area contributed by atoms with Gasteiger partial charge in [-0.25, -0.2) is 0 Å². The summed E-state index contributed by atoms with van der Waals surface area (Å²) in [5.41, 5.74) is 1.80. The first-order valence-corrected chi connectivity index (χ1v) is 5.67. The van der Waals surface area contributed by atoms with Gasteiger partial charge in [-0.05, 0) is 19.1 Å². The number of hydrogen-bond donors (Lipinski definition) is 1. The van der Waals surface area contributed by atoms with Crippen LogP contribution in [0.4, 0.5) is 6.01 Å². The maximum absolute atomic E-state index is 5.76. The van der Waals surface area contributed by atoms with Crippen LogP contribution in [0.25, 0.3) is 11.1 Å². The van der Waals surface area contributed by atoms with Gasteiger partial charge in [0.1, 0.15) is 5.52 Å². The van der Waals surface area contributed by atoms with Crippen LogP contribution in [-0.2, 0) is 0 Å². The summed E-state index contributed by atoms with van der Waals surface area (Å²) < 4.78 is 5.76. The number of piperazine rings is 1. The van der Waals surface area contributed by atoms with Crippen LogP contribution in [0.15, 0.2) is 28.7 Å². The Morgan fingerprint density at radius 2 is 2.11 bits per heavy atom. The highest BCUT2D eigenvalue weighted by molar-refractivity contribution is 5.85. The fourth-order valence-corrected chi connectivity index (χ4v) is 2.11. The van der Waals surface area contributed by atoms with Crippen molar-refractivity contribution in [3.05, 3.63) is 24.3 Å². The van der Waals surface area contributed by atoms with Crippen molar-refractivity contribution in [2.45, 2.75) is 13.0 Å². The molecule has 1 unspecified atom stereocenters. The molecule has 1 N–H and O–H groups in total. The zero-order valence-corrected chi connectivity index (χ0v) is 11.8. The average Bonchev–Trinajstić information content (AvgIpc) is 2.73. The molecule has 0 saturated carbocycles. The maximum atomic E-state index is 5.76. The SMILES string of the molecule is CC1CNCCN1c1nc2ccccc2o1.Cl.Cl. The predicted octanol–water partition coefficient (Wildman–Crippen LogP) is 2.47. The lowest BCUT2D eigenvalue weighted by molar-refractivity contribution is 0.456. The Morgan fingerprint density at radius 3 is 2.83 bits per heavy atom. The van der Waals surface area contributed by atoms with Gasteiger partial charge in [-0.3, -0.25) is 0 Å². The third-order valence-corrected chi connectivity index (χ3v) is 3.03. The zero-order chi connectivity index (χ0) is 11.0. The molecular formula is C12H17Cl2N3O. The Morgan fingerprint density at radius 1 is 1.33 bits per heavy atom. The third kappa shape index (κ3) is 2.71. The summed E-state index contributed by atoms with van der Waals surface area (Å²) in [5.74, 6) is 0. The van der Waals surface area contributed by atoms with Crippen LogP contribution >= 0.6 is 24.8 Å². The second kappa shape index (κ2) is 6.27. The number of rotatable bonds is 1. The fourth-order valence-electron chi connectivity index (χ4n) is 2.11. The van der Waals surface area contributed by atoms with Gasteiger partial charge in [0.25, 0.3) is 6.01 Å². The summed E-state index contributed by atoms with van der Waals surface area (Å²) in [5, 5.41) is 3.36. The summed E-state index contributed by atoms with van der Waals surface area (Å²) in [6.07, 6.45) is 0. The van der Waals surface area contributed by atoms with Crippen LogP contribution in [0.2, 0.25) is 0 Å². The van der Waals surface area contributed by atoms with E-state index in [9.17, 15) is 0 Å². The summed E-state index contributed by atoms with van der Waals surface area (Å²) in [6, 6.07) is 9.07. The van der Waals surface area contributed by atoms with E-state index >= 15 is 0 Å². The molecule has 2 heterocycles. The topological polar surface area (TPSA) is 41.3 Å². The van der Waals surface area contributed by atoms with E-state index in [0.717, 1.165) is 36.7 Å². The molecule has 0 aliphatic carbocycles. The quantitative estimate of drug-likeness (QED) is 0.876. The Hall–Kier alpha value is -0.970. The standard InChI is InChI=1S/C12H15N3O.2ClH/c1-9-8-13-6-7-15(9)12-14-10-4-2-3-5-11(10)16-12;;/h2-5,9,13H,6-8H2,1H3;2*1H. The molecular weight excluding hydrogens is 273 g/mol. The molecule has 4 nitrogen and oxygen atoms in total. The first kappa shape index (κ1) is 15.1. The predicted molar refractivity (Wildman–Crippen MR) is 78.2 cm³/mol. The number of aromatic nitrogens is 1. The highest BCUT2D eigenvalue weighted by Gasteiger charge is 2.22. The molecule has 3 rings (SSSR count). The molecule has 18 heavy (non-hydrogen) atoms. The van der Waals surface area contributed by atoms with Crippen molar-refractivity contribution in [3.63, 3.8) is 0 Å². The van der Waals surface area contributed by atoms with Crippen LogP contribution in [0, 0.1) is 0 Å². The van der Waals surface area contributed by atoms with E-state index in [2.05, 4.69) is 22.1 Å². The summed E-state index contributed by atoms with van der Waals surface area (Å²) in [4.78, 5) is 6.74. The van der Waals surface area contributed by atoms with Gasteiger partial charge in [-0.1, -0.05) is 12.1 Å². The minimum Gasteiger partial charge on any atom is -0.423 e. The van der Waals surface area contributed by atoms with Gasteiger partial charge in [0.2, 0.25) is 0 Å². The lowest BCUT2D eigenvalue weighted by Gasteiger charge is -2.32. The monoisotopic (exact) mass is 289 g/mol. The molecule has 0 spiro atoms. The highest BCUT2D eigenvalue weighted by Crippen LogP contribution is 2.23. The Bertz CT molecular complexity index is 470. The van der Waals surface area contributed by atoms with Crippen LogP contribution in [0.5, 0.6) is 0 Å². The summed E-state index contributed by atoms with van der Waals surface area (Å²) in [6.45, 7) is 5.11. The van der Waals surface area contributed by atoms with E-state index < -0.39 is 0 Å². The molecule has 0 radical (unpaired) electrons. The van der Waals surface area contributed by atoms with Gasteiger partial charge in [-0.2, -0.15) is 4.98 Å². The number of halogens is 2. The molecule has 6 heteroatoms. The number of hydrogen-bond acceptors (Lipinski definition) is 4. The van der Waals surface area contributed by atoms with E-state index in [1.54, 1.807) is 0 Å². The van der Waals surface area contributed by atoms with Crippen molar-refractivity contribution in [2.75, 3.05) is 24.5 Å². The molecule has 0 bridgehead atoms. The molecule has 100 valence electrons. The van der Waals surface area contributed by atoms with Gasteiger partial charge in [0, 0.05) is 25.7 Å². The van der Waals surface area contributed by atoms with Gasteiger partial charge >= 0.3 is 0 Å². The first-order chi connectivity index (χ1) is 7.84. The van der Waals surface area contributed by atoms with Crippen molar-refractivity contribution in [1.29, 1.82) is 0 Å². The second-order valence-electron chi connectivity index (χ2n) is 4.21. The molecule has 1 aromatic carbocycles. The van der Waals surface area contributed by atoms with Crippen molar-refractivity contribution in [1.82, 2.24) is 10.3 Å². The van der Waals surface area contributed by atoms with Crippen molar-refractivity contribution < 1.29 is 4.42 Å². The van der Waals surface area contributed by atoms with Crippen LogP contribution in [-0.4, -0.2) is 30.7 Å².